The van der Waals surface area contributed by atoms with Crippen LogP contribution in [0.25, 0.3) is 0 Å². The molecule has 18 heavy (non-hydrogen) atoms. The number of aromatic nitrogens is 1. The third-order valence-corrected chi connectivity index (χ3v) is 2.90. The van der Waals surface area contributed by atoms with Gasteiger partial charge in [0.1, 0.15) is 11.9 Å². The number of nitrogens with two attached hydrogens (primary N) is 1. The third kappa shape index (κ3) is 2.52. The van der Waals surface area contributed by atoms with E-state index in [1.807, 2.05) is 11.0 Å². The van der Waals surface area contributed by atoms with Gasteiger partial charge in [-0.1, -0.05) is 0 Å². The first-order valence-electron chi connectivity index (χ1n) is 5.75. The van der Waals surface area contributed by atoms with E-state index in [1.165, 1.54) is 0 Å². The average Bonchev–Trinajstić information content (AvgIpc) is 2.46. The normalized spacial score (nSPS) is 19.4. The van der Waals surface area contributed by atoms with Crippen molar-refractivity contribution in [3.05, 3.63) is 18.3 Å². The number of hydrogen-bond acceptors (Lipinski definition) is 6. The van der Waals surface area contributed by atoms with Crippen LogP contribution in [-0.4, -0.2) is 43.7 Å². The van der Waals surface area contributed by atoms with Gasteiger partial charge in [0, 0.05) is 31.5 Å². The minimum Gasteiger partial charge on any atom is -0.377 e. The fourth-order valence-electron chi connectivity index (χ4n) is 1.97. The molecule has 0 aliphatic carbocycles. The molecule has 2 heterocycles. The Morgan fingerprint density at radius 1 is 1.67 bits per heavy atom. The quantitative estimate of drug-likeness (QED) is 0.487. The first kappa shape index (κ1) is 12.6. The van der Waals surface area contributed by atoms with E-state index in [2.05, 4.69) is 15.7 Å². The van der Waals surface area contributed by atoms with Crippen molar-refractivity contribution in [2.24, 2.45) is 5.84 Å². The topological polar surface area (TPSA) is 92.5 Å². The number of ether oxygens (including phenoxy) is 1. The van der Waals surface area contributed by atoms with E-state index in [0.717, 1.165) is 5.69 Å². The number of hydrazine groups is 1. The van der Waals surface area contributed by atoms with E-state index in [9.17, 15) is 4.79 Å². The van der Waals surface area contributed by atoms with Crippen molar-refractivity contribution < 1.29 is 9.53 Å². The first-order valence-corrected chi connectivity index (χ1v) is 5.75. The molecule has 1 aliphatic rings. The lowest BCUT2D eigenvalue weighted by Gasteiger charge is -2.36. The Balaban J connectivity index is 2.24. The minimum atomic E-state index is -0.322. The Morgan fingerprint density at radius 3 is 3.22 bits per heavy atom. The zero-order valence-corrected chi connectivity index (χ0v) is 10.2. The van der Waals surface area contributed by atoms with Gasteiger partial charge in [0.2, 0.25) is 5.91 Å². The molecule has 0 bridgehead atoms. The van der Waals surface area contributed by atoms with E-state index < -0.39 is 0 Å². The summed E-state index contributed by atoms with van der Waals surface area (Å²) in [5.41, 5.74) is 3.39. The lowest BCUT2D eigenvalue weighted by atomic mass is 10.2. The van der Waals surface area contributed by atoms with Gasteiger partial charge in [0.15, 0.2) is 0 Å². The zero-order valence-electron chi connectivity index (χ0n) is 10.2. The fraction of sp³-hybridized carbons (Fsp3) is 0.455. The number of nitrogen functional groups attached to an aromatic ring is 1. The largest absolute Gasteiger partial charge is 0.377 e. The average molecular weight is 251 g/mol. The molecule has 1 amide bonds. The summed E-state index contributed by atoms with van der Waals surface area (Å²) in [6, 6.07) is 3.33. The molecule has 0 radical (unpaired) electrons. The van der Waals surface area contributed by atoms with E-state index in [4.69, 9.17) is 10.6 Å². The number of pyridine rings is 1. The second-order valence-electron chi connectivity index (χ2n) is 3.94. The highest BCUT2D eigenvalue weighted by atomic mass is 16.5. The van der Waals surface area contributed by atoms with Crippen LogP contribution in [0.3, 0.4) is 0 Å². The first-order chi connectivity index (χ1) is 8.76. The molecule has 98 valence electrons. The molecule has 2 rings (SSSR count). The maximum atomic E-state index is 11.8. The van der Waals surface area contributed by atoms with Crippen LogP contribution >= 0.6 is 0 Å². The lowest BCUT2D eigenvalue weighted by molar-refractivity contribution is -0.124. The zero-order chi connectivity index (χ0) is 13.0. The second kappa shape index (κ2) is 5.65. The Labute approximate surface area is 105 Å². The summed E-state index contributed by atoms with van der Waals surface area (Å²) in [5, 5.41) is 2.65. The third-order valence-electron chi connectivity index (χ3n) is 2.90. The van der Waals surface area contributed by atoms with Gasteiger partial charge in [-0.05, 0) is 6.07 Å². The summed E-state index contributed by atoms with van der Waals surface area (Å²) in [6.45, 7) is 1.64. The van der Waals surface area contributed by atoms with Gasteiger partial charge in [-0.15, -0.1) is 0 Å². The molecule has 1 aliphatic heterocycles. The van der Waals surface area contributed by atoms with Crippen LogP contribution in [0.1, 0.15) is 0 Å². The van der Waals surface area contributed by atoms with Crippen LogP contribution in [0.4, 0.5) is 11.5 Å². The molecular formula is C11H17N5O2. The summed E-state index contributed by atoms with van der Waals surface area (Å²) >= 11 is 0. The number of hydrogen-bond donors (Lipinski definition) is 3. The van der Waals surface area contributed by atoms with Gasteiger partial charge in [-0.2, -0.15) is 0 Å². The van der Waals surface area contributed by atoms with Gasteiger partial charge >= 0.3 is 0 Å². The van der Waals surface area contributed by atoms with E-state index in [1.54, 1.807) is 19.3 Å². The van der Waals surface area contributed by atoms with Crippen LogP contribution in [0.5, 0.6) is 0 Å². The molecule has 7 nitrogen and oxygen atoms in total. The number of anilines is 2. The molecule has 0 spiro atoms. The summed E-state index contributed by atoms with van der Waals surface area (Å²) < 4.78 is 5.35. The number of amides is 1. The Morgan fingerprint density at radius 2 is 2.50 bits per heavy atom. The standard InChI is InChI=1S/C11H17N5O2/c1-13-11(17)9-7-18-5-4-16(9)8-2-3-14-10(6-8)15-12/h2-3,6,9H,4-5,7,12H2,1H3,(H,13,17)(H,14,15). The molecule has 1 fully saturated rings. The number of likely N-dealkylation sites (N-methyl/N-ethyl adjacent to an activating group) is 1. The van der Waals surface area contributed by atoms with Crippen molar-refractivity contribution in [3.8, 4) is 0 Å². The minimum absolute atomic E-state index is 0.0613. The highest BCUT2D eigenvalue weighted by Gasteiger charge is 2.29. The summed E-state index contributed by atoms with van der Waals surface area (Å²) in [5.74, 6) is 5.84. The molecular weight excluding hydrogens is 234 g/mol. The van der Waals surface area contributed by atoms with Crippen molar-refractivity contribution in [2.45, 2.75) is 6.04 Å². The predicted molar refractivity (Wildman–Crippen MR) is 68.1 cm³/mol. The van der Waals surface area contributed by atoms with Gasteiger partial charge in [0.25, 0.3) is 0 Å². The monoisotopic (exact) mass is 251 g/mol. The number of nitrogens with one attached hydrogen (secondary N) is 2. The molecule has 0 aromatic carbocycles. The fourth-order valence-corrected chi connectivity index (χ4v) is 1.97. The van der Waals surface area contributed by atoms with Crippen molar-refractivity contribution in [2.75, 3.05) is 37.1 Å². The predicted octanol–water partition coefficient (Wildman–Crippen LogP) is -0.682. The van der Waals surface area contributed by atoms with Gasteiger partial charge < -0.3 is 20.4 Å². The lowest BCUT2D eigenvalue weighted by Crippen LogP contribution is -2.53. The summed E-state index contributed by atoms with van der Waals surface area (Å²) in [7, 11) is 1.62. The molecule has 1 saturated heterocycles. The Kier molecular flexibility index (Phi) is 3.96. The highest BCUT2D eigenvalue weighted by molar-refractivity contribution is 5.85. The van der Waals surface area contributed by atoms with E-state index in [-0.39, 0.29) is 11.9 Å². The number of nitrogens with zero attached hydrogens (tertiary/aromatic N) is 2. The summed E-state index contributed by atoms with van der Waals surface area (Å²) in [6.07, 6.45) is 1.65. The SMILES string of the molecule is CNC(=O)C1COCCN1c1ccnc(NN)c1. The number of morpholine rings is 1. The van der Waals surface area contributed by atoms with E-state index >= 15 is 0 Å². The van der Waals surface area contributed by atoms with Crippen LogP contribution in [0.15, 0.2) is 18.3 Å². The summed E-state index contributed by atoms with van der Waals surface area (Å²) in [4.78, 5) is 17.9. The van der Waals surface area contributed by atoms with Crippen LogP contribution < -0.4 is 21.5 Å². The second-order valence-corrected chi connectivity index (χ2v) is 3.94. The van der Waals surface area contributed by atoms with Gasteiger partial charge in [0.05, 0.1) is 13.2 Å². The number of carbonyl (C=O) groups is 1. The van der Waals surface area contributed by atoms with Gasteiger partial charge in [-0.3, -0.25) is 4.79 Å². The van der Waals surface area contributed by atoms with Crippen LogP contribution in [0, 0.1) is 0 Å². The van der Waals surface area contributed by atoms with Crippen molar-refractivity contribution >= 4 is 17.4 Å². The molecule has 1 unspecified atom stereocenters. The van der Waals surface area contributed by atoms with Crippen LogP contribution in [-0.2, 0) is 9.53 Å². The maximum Gasteiger partial charge on any atom is 0.244 e. The molecule has 0 saturated carbocycles. The molecule has 1 aromatic rings. The highest BCUT2D eigenvalue weighted by Crippen LogP contribution is 2.21. The van der Waals surface area contributed by atoms with Crippen molar-refractivity contribution in [3.63, 3.8) is 0 Å². The maximum absolute atomic E-state index is 11.8. The smallest absolute Gasteiger partial charge is 0.244 e. The van der Waals surface area contributed by atoms with E-state index in [0.29, 0.717) is 25.6 Å². The van der Waals surface area contributed by atoms with Gasteiger partial charge in [-0.25, -0.2) is 10.8 Å². The Bertz CT molecular complexity index is 426. The van der Waals surface area contributed by atoms with Crippen molar-refractivity contribution in [1.82, 2.24) is 10.3 Å². The molecule has 1 aromatic heterocycles. The number of carbonyl (C=O) groups excluding carboxylic acids is 1. The molecule has 1 atom stereocenters. The van der Waals surface area contributed by atoms with Crippen LogP contribution in [0.2, 0.25) is 0 Å². The Hall–Kier alpha value is -1.86. The molecule has 4 N–H and O–H groups in total. The molecule has 7 heteroatoms. The number of rotatable bonds is 3. The van der Waals surface area contributed by atoms with Crippen molar-refractivity contribution in [1.29, 1.82) is 0 Å².